The molecule has 0 spiro atoms. The van der Waals surface area contributed by atoms with E-state index in [4.69, 9.17) is 16.2 Å². The van der Waals surface area contributed by atoms with Crippen molar-refractivity contribution in [3.05, 3.63) is 83.2 Å². The summed E-state index contributed by atoms with van der Waals surface area (Å²) >= 11 is 0. The Morgan fingerprint density at radius 1 is 1.20 bits per heavy atom. The third-order valence-corrected chi connectivity index (χ3v) is 4.61. The van der Waals surface area contributed by atoms with Crippen molar-refractivity contribution in [2.24, 2.45) is 11.5 Å². The van der Waals surface area contributed by atoms with E-state index in [0.29, 0.717) is 11.8 Å². The second-order valence-corrected chi connectivity index (χ2v) is 7.14. The van der Waals surface area contributed by atoms with Crippen molar-refractivity contribution in [1.82, 2.24) is 4.98 Å². The molecular weight excluding hydrogens is 402 g/mol. The normalized spacial score (nSPS) is 21.3. The van der Waals surface area contributed by atoms with Gasteiger partial charge in [0.1, 0.15) is 23.9 Å². The predicted octanol–water partition coefficient (Wildman–Crippen LogP) is 3.67. The third-order valence-electron chi connectivity index (χ3n) is 4.61. The first-order valence-electron chi connectivity index (χ1n) is 9.08. The molecule has 1 heterocycles. The van der Waals surface area contributed by atoms with Crippen LogP contribution in [0.3, 0.4) is 0 Å². The van der Waals surface area contributed by atoms with Gasteiger partial charge in [0.2, 0.25) is 0 Å². The van der Waals surface area contributed by atoms with Gasteiger partial charge in [-0.3, -0.25) is 4.98 Å². The van der Waals surface area contributed by atoms with Crippen molar-refractivity contribution in [1.29, 1.82) is 0 Å². The molecule has 0 radical (unpaired) electrons. The van der Waals surface area contributed by atoms with Crippen LogP contribution in [0.15, 0.2) is 60.5 Å². The quantitative estimate of drug-likeness (QED) is 0.693. The van der Waals surface area contributed by atoms with Crippen molar-refractivity contribution in [2.45, 2.75) is 37.9 Å². The summed E-state index contributed by atoms with van der Waals surface area (Å²) in [5.41, 5.74) is 13.1. The van der Waals surface area contributed by atoms with Gasteiger partial charge in [-0.15, -0.1) is 13.2 Å². The fraction of sp³-hybridized carbons (Fsp3) is 0.286. The zero-order valence-corrected chi connectivity index (χ0v) is 16.1. The van der Waals surface area contributed by atoms with E-state index < -0.39 is 29.5 Å². The zero-order valence-electron chi connectivity index (χ0n) is 16.1. The molecule has 5 nitrogen and oxygen atoms in total. The number of nitrogens with two attached hydrogens (primary N) is 2. The summed E-state index contributed by atoms with van der Waals surface area (Å²) in [5.74, 6) is -1.07. The number of ether oxygens (including phenoxy) is 2. The summed E-state index contributed by atoms with van der Waals surface area (Å²) in [5, 5.41) is 0. The largest absolute Gasteiger partial charge is 0.573 e. The van der Waals surface area contributed by atoms with Crippen LogP contribution in [0.5, 0.6) is 5.75 Å². The molecule has 0 bridgehead atoms. The SMILES string of the molecule is Cc1ccc(COC2=CC(N)(Cc3ccc(OC(F)(F)F)cc3F)C(N)C=C2)nc1. The molecule has 1 aromatic heterocycles. The Labute approximate surface area is 171 Å². The summed E-state index contributed by atoms with van der Waals surface area (Å²) < 4.78 is 60.7. The molecule has 2 atom stereocenters. The molecule has 0 saturated carbocycles. The number of benzene rings is 1. The summed E-state index contributed by atoms with van der Waals surface area (Å²) in [6, 6.07) is 6.00. The molecule has 9 heteroatoms. The van der Waals surface area contributed by atoms with Crippen molar-refractivity contribution in [3.63, 3.8) is 0 Å². The Bertz CT molecular complexity index is 958. The van der Waals surface area contributed by atoms with E-state index in [1.165, 1.54) is 6.07 Å². The predicted molar refractivity (Wildman–Crippen MR) is 103 cm³/mol. The van der Waals surface area contributed by atoms with Gasteiger partial charge in [0.25, 0.3) is 0 Å². The number of alkyl halides is 3. The highest BCUT2D eigenvalue weighted by atomic mass is 19.4. The Morgan fingerprint density at radius 2 is 1.97 bits per heavy atom. The molecule has 4 N–H and O–H groups in total. The molecule has 1 aromatic carbocycles. The van der Waals surface area contributed by atoms with Crippen molar-refractivity contribution >= 4 is 0 Å². The number of allylic oxidation sites excluding steroid dienone is 1. The lowest BCUT2D eigenvalue weighted by atomic mass is 9.81. The summed E-state index contributed by atoms with van der Waals surface area (Å²) in [6.45, 7) is 2.13. The maximum absolute atomic E-state index is 14.4. The Kier molecular flexibility index (Phi) is 6.14. The van der Waals surface area contributed by atoms with Gasteiger partial charge < -0.3 is 20.9 Å². The Hall–Kier alpha value is -2.91. The van der Waals surface area contributed by atoms with Crippen LogP contribution in [0.1, 0.15) is 16.8 Å². The molecular formula is C21H21F4N3O2. The number of aryl methyl sites for hydroxylation is 1. The van der Waals surface area contributed by atoms with E-state index in [1.807, 2.05) is 19.1 Å². The molecule has 160 valence electrons. The van der Waals surface area contributed by atoms with Crippen LogP contribution in [0.4, 0.5) is 17.6 Å². The average molecular weight is 423 g/mol. The number of nitrogens with zero attached hydrogens (tertiary/aromatic N) is 1. The molecule has 0 aliphatic heterocycles. The zero-order chi connectivity index (χ0) is 21.9. The van der Waals surface area contributed by atoms with Crippen LogP contribution in [-0.2, 0) is 17.8 Å². The molecule has 0 amide bonds. The van der Waals surface area contributed by atoms with Crippen LogP contribution in [0.2, 0.25) is 0 Å². The number of halogens is 4. The highest BCUT2D eigenvalue weighted by Crippen LogP contribution is 2.28. The van der Waals surface area contributed by atoms with E-state index in [0.717, 1.165) is 17.3 Å². The van der Waals surface area contributed by atoms with Crippen molar-refractivity contribution < 1.29 is 27.0 Å². The molecule has 1 aliphatic carbocycles. The molecule has 1 aliphatic rings. The van der Waals surface area contributed by atoms with Crippen LogP contribution >= 0.6 is 0 Å². The number of pyridine rings is 1. The van der Waals surface area contributed by atoms with Gasteiger partial charge in [-0.25, -0.2) is 4.39 Å². The van der Waals surface area contributed by atoms with Gasteiger partial charge in [0.05, 0.1) is 11.2 Å². The Balaban J connectivity index is 1.73. The van der Waals surface area contributed by atoms with Gasteiger partial charge in [-0.2, -0.15) is 0 Å². The average Bonchev–Trinajstić information content (AvgIpc) is 2.65. The van der Waals surface area contributed by atoms with Crippen molar-refractivity contribution in [3.8, 4) is 5.75 Å². The topological polar surface area (TPSA) is 83.4 Å². The number of hydrogen-bond donors (Lipinski definition) is 2. The highest BCUT2D eigenvalue weighted by molar-refractivity contribution is 5.36. The van der Waals surface area contributed by atoms with Crippen LogP contribution in [0, 0.1) is 12.7 Å². The first-order valence-corrected chi connectivity index (χ1v) is 9.08. The lowest BCUT2D eigenvalue weighted by Crippen LogP contribution is -2.56. The van der Waals surface area contributed by atoms with Gasteiger partial charge in [0, 0.05) is 18.3 Å². The van der Waals surface area contributed by atoms with Gasteiger partial charge >= 0.3 is 6.36 Å². The smallest absolute Gasteiger partial charge is 0.488 e. The molecule has 0 fully saturated rings. The van der Waals surface area contributed by atoms with E-state index in [1.54, 1.807) is 24.4 Å². The van der Waals surface area contributed by atoms with Gasteiger partial charge in [-0.1, -0.05) is 18.2 Å². The molecule has 2 unspecified atom stereocenters. The lowest BCUT2D eigenvalue weighted by molar-refractivity contribution is -0.274. The van der Waals surface area contributed by atoms with Crippen LogP contribution in [-0.4, -0.2) is 22.9 Å². The van der Waals surface area contributed by atoms with Crippen LogP contribution in [0.25, 0.3) is 0 Å². The fourth-order valence-electron chi connectivity index (χ4n) is 2.98. The number of aromatic nitrogens is 1. The Morgan fingerprint density at radius 3 is 2.60 bits per heavy atom. The number of hydrogen-bond acceptors (Lipinski definition) is 5. The molecule has 2 aromatic rings. The third kappa shape index (κ3) is 5.58. The maximum atomic E-state index is 14.4. The van der Waals surface area contributed by atoms with E-state index >= 15 is 0 Å². The summed E-state index contributed by atoms with van der Waals surface area (Å²) in [7, 11) is 0. The van der Waals surface area contributed by atoms with Gasteiger partial charge in [-0.05, 0) is 48.8 Å². The standard InChI is InChI=1S/C21H21F4N3O2/c1-13-2-4-15(28-11-13)12-29-17-6-7-19(26)20(27,10-17)9-14-3-5-16(8-18(14)22)30-21(23,24)25/h2-8,10-11,19H,9,12,26-27H2,1H3. The minimum absolute atomic E-state index is 0.0493. The highest BCUT2D eigenvalue weighted by Gasteiger charge is 2.34. The minimum atomic E-state index is -4.90. The maximum Gasteiger partial charge on any atom is 0.573 e. The second kappa shape index (κ2) is 8.45. The molecule has 3 rings (SSSR count). The van der Waals surface area contributed by atoms with E-state index in [2.05, 4.69) is 9.72 Å². The van der Waals surface area contributed by atoms with E-state index in [9.17, 15) is 17.6 Å². The first kappa shape index (κ1) is 21.8. The molecule has 0 saturated heterocycles. The molecule has 30 heavy (non-hydrogen) atoms. The van der Waals surface area contributed by atoms with Gasteiger partial charge in [0.15, 0.2) is 0 Å². The lowest BCUT2D eigenvalue weighted by Gasteiger charge is -2.34. The summed E-state index contributed by atoms with van der Waals surface area (Å²) in [6.07, 6.45) is 1.66. The summed E-state index contributed by atoms with van der Waals surface area (Å²) in [4.78, 5) is 4.25. The second-order valence-electron chi connectivity index (χ2n) is 7.14. The van der Waals surface area contributed by atoms with E-state index in [-0.39, 0.29) is 18.6 Å². The first-order chi connectivity index (χ1) is 14.0. The fourth-order valence-corrected chi connectivity index (χ4v) is 2.98. The van der Waals surface area contributed by atoms with Crippen LogP contribution < -0.4 is 16.2 Å². The monoisotopic (exact) mass is 423 g/mol. The number of rotatable bonds is 6. The minimum Gasteiger partial charge on any atom is -0.488 e. The van der Waals surface area contributed by atoms with Crippen molar-refractivity contribution in [2.75, 3.05) is 0 Å².